The molecule has 5 aromatic rings. The second-order valence-corrected chi connectivity index (χ2v) is 12.6. The number of hydrogen-bond acceptors (Lipinski definition) is 9. The van der Waals surface area contributed by atoms with Gasteiger partial charge in [0.25, 0.3) is 5.91 Å². The summed E-state index contributed by atoms with van der Waals surface area (Å²) in [4.78, 5) is 31.6. The summed E-state index contributed by atoms with van der Waals surface area (Å²) in [5, 5.41) is 6.12. The van der Waals surface area contributed by atoms with Gasteiger partial charge in [0.15, 0.2) is 0 Å². The molecule has 0 atom stereocenters. The van der Waals surface area contributed by atoms with E-state index in [1.807, 2.05) is 0 Å². The zero-order chi connectivity index (χ0) is 29.3. The molecule has 1 aliphatic heterocycles. The van der Waals surface area contributed by atoms with Gasteiger partial charge in [0.1, 0.15) is 17.6 Å². The lowest BCUT2D eigenvalue weighted by molar-refractivity contribution is 0.0987. The lowest BCUT2D eigenvalue weighted by Gasteiger charge is -2.25. The van der Waals surface area contributed by atoms with E-state index in [1.54, 1.807) is 49.6 Å². The highest BCUT2D eigenvalue weighted by molar-refractivity contribution is 7.89. The Labute approximate surface area is 245 Å². The number of thiazole rings is 1. The summed E-state index contributed by atoms with van der Waals surface area (Å²) in [5.74, 6) is 0.0859. The topological polar surface area (TPSA) is 122 Å². The number of hydrazone groups is 1. The molecular formula is C30H26N4O6S2. The average molecular weight is 603 g/mol. The molecule has 42 heavy (non-hydrogen) atoms. The van der Waals surface area contributed by atoms with Gasteiger partial charge in [0.05, 0.1) is 39.4 Å². The first-order valence-electron chi connectivity index (χ1n) is 13.3. The number of para-hydroxylation sites is 1. The molecule has 12 heteroatoms. The molecule has 0 bridgehead atoms. The van der Waals surface area contributed by atoms with E-state index in [0.29, 0.717) is 35.3 Å². The second-order valence-electron chi connectivity index (χ2n) is 9.70. The maximum Gasteiger partial charge on any atom is 0.280 e. The van der Waals surface area contributed by atoms with Gasteiger partial charge in [-0.1, -0.05) is 29.9 Å². The average Bonchev–Trinajstić information content (AvgIpc) is 3.45. The number of rotatable bonds is 7. The normalized spacial score (nSPS) is 14.5. The van der Waals surface area contributed by atoms with Crippen molar-refractivity contribution >= 4 is 59.8 Å². The van der Waals surface area contributed by atoms with Gasteiger partial charge in [0, 0.05) is 18.7 Å². The van der Waals surface area contributed by atoms with Gasteiger partial charge in [-0.3, -0.25) is 9.59 Å². The number of carbonyl (C=O) groups is 1. The number of aromatic nitrogens is 1. The summed E-state index contributed by atoms with van der Waals surface area (Å²) in [7, 11) is -2.10. The van der Waals surface area contributed by atoms with Gasteiger partial charge in [-0.2, -0.15) is 14.4 Å². The molecule has 1 aliphatic rings. The Morgan fingerprint density at radius 2 is 1.83 bits per heavy atom. The molecule has 10 nitrogen and oxygen atoms in total. The lowest BCUT2D eigenvalue weighted by atomic mass is 10.2. The van der Waals surface area contributed by atoms with Crippen LogP contribution in [0.5, 0.6) is 5.75 Å². The Hall–Kier alpha value is -4.39. The van der Waals surface area contributed by atoms with Gasteiger partial charge in [-0.05, 0) is 67.4 Å². The Morgan fingerprint density at radius 1 is 1.07 bits per heavy atom. The van der Waals surface area contributed by atoms with Crippen LogP contribution in [0.2, 0.25) is 0 Å². The zero-order valence-corrected chi connectivity index (χ0v) is 24.2. The van der Waals surface area contributed by atoms with E-state index in [4.69, 9.17) is 9.15 Å². The molecule has 1 fully saturated rings. The number of hydrogen-bond donors (Lipinski definition) is 0. The van der Waals surface area contributed by atoms with Crippen LogP contribution >= 0.6 is 11.3 Å². The van der Waals surface area contributed by atoms with E-state index in [-0.39, 0.29) is 26.6 Å². The van der Waals surface area contributed by atoms with Crippen LogP contribution in [0.4, 0.5) is 5.13 Å². The zero-order valence-electron chi connectivity index (χ0n) is 22.6. The highest BCUT2D eigenvalue weighted by atomic mass is 32.2. The molecule has 3 aromatic carbocycles. The number of amides is 1. The summed E-state index contributed by atoms with van der Waals surface area (Å²) in [6, 6.07) is 18.0. The van der Waals surface area contributed by atoms with Crippen LogP contribution in [0.25, 0.3) is 21.2 Å². The smallest absolute Gasteiger partial charge is 0.280 e. The van der Waals surface area contributed by atoms with Gasteiger partial charge in [-0.25, -0.2) is 13.4 Å². The standard InChI is InChI=1S/C30H26N4O6S2/c1-39-22-11-14-25-27(17-22)41-30(32-25)34(31-18-21-19-40-26-8-4-3-7-24(26)28(21)35)29(36)20-9-12-23(13-10-20)42(37,38)33-15-5-2-6-16-33/h3-4,7-14,17-19H,2,5-6,15-16H2,1H3/b31-18+. The number of fused-ring (bicyclic) bond motifs is 2. The molecule has 214 valence electrons. The number of methoxy groups -OCH3 is 1. The number of sulfonamides is 1. The number of carbonyl (C=O) groups excluding carboxylic acids is 1. The first-order valence-corrected chi connectivity index (χ1v) is 15.5. The monoisotopic (exact) mass is 602 g/mol. The predicted octanol–water partition coefficient (Wildman–Crippen LogP) is 5.27. The fraction of sp³-hybridized carbons (Fsp3) is 0.200. The Bertz CT molecular complexity index is 1980. The van der Waals surface area contributed by atoms with E-state index >= 15 is 0 Å². The van der Waals surface area contributed by atoms with Crippen molar-refractivity contribution in [3.8, 4) is 5.75 Å². The minimum atomic E-state index is -3.66. The Morgan fingerprint density at radius 3 is 2.60 bits per heavy atom. The molecule has 1 amide bonds. The van der Waals surface area contributed by atoms with Gasteiger partial charge in [0.2, 0.25) is 20.6 Å². The minimum Gasteiger partial charge on any atom is -0.497 e. The van der Waals surface area contributed by atoms with Crippen molar-refractivity contribution in [2.24, 2.45) is 5.10 Å². The molecule has 0 aliphatic carbocycles. The predicted molar refractivity (Wildman–Crippen MR) is 162 cm³/mol. The maximum atomic E-state index is 13.8. The Kier molecular flexibility index (Phi) is 7.58. The van der Waals surface area contributed by atoms with E-state index in [0.717, 1.165) is 29.0 Å². The molecule has 3 heterocycles. The van der Waals surface area contributed by atoms with Crippen LogP contribution in [0.15, 0.2) is 92.2 Å². The third kappa shape index (κ3) is 5.31. The number of piperidine rings is 1. The lowest BCUT2D eigenvalue weighted by Crippen LogP contribution is -2.35. The van der Waals surface area contributed by atoms with Crippen LogP contribution in [0.3, 0.4) is 0 Å². The highest BCUT2D eigenvalue weighted by Gasteiger charge is 2.27. The van der Waals surface area contributed by atoms with Crippen molar-refractivity contribution in [1.29, 1.82) is 0 Å². The summed E-state index contributed by atoms with van der Waals surface area (Å²) < 4.78 is 39.4. The fourth-order valence-corrected chi connectivity index (χ4v) is 7.21. The number of anilines is 1. The molecule has 0 saturated carbocycles. The first kappa shape index (κ1) is 27.8. The Balaban J connectivity index is 1.37. The molecule has 1 saturated heterocycles. The molecular weight excluding hydrogens is 576 g/mol. The van der Waals surface area contributed by atoms with Gasteiger partial charge in [-0.15, -0.1) is 0 Å². The van der Waals surface area contributed by atoms with Crippen LogP contribution < -0.4 is 15.2 Å². The molecule has 6 rings (SSSR count). The summed E-state index contributed by atoms with van der Waals surface area (Å²) >= 11 is 1.22. The summed E-state index contributed by atoms with van der Waals surface area (Å²) in [6.45, 7) is 0.966. The van der Waals surface area contributed by atoms with E-state index < -0.39 is 15.9 Å². The van der Waals surface area contributed by atoms with Crippen molar-refractivity contribution in [2.45, 2.75) is 24.2 Å². The quantitative estimate of drug-likeness (QED) is 0.184. The van der Waals surface area contributed by atoms with Crippen LogP contribution in [-0.2, 0) is 10.0 Å². The SMILES string of the molecule is COc1ccc2nc(N(/N=C/c3coc4ccccc4c3=O)C(=O)c3ccc(S(=O)(=O)N4CCCCC4)cc3)sc2c1. The molecule has 0 radical (unpaired) electrons. The van der Waals surface area contributed by atoms with Crippen LogP contribution in [0, 0.1) is 0 Å². The minimum absolute atomic E-state index is 0.122. The molecule has 0 spiro atoms. The van der Waals surface area contributed by atoms with Crippen molar-refractivity contribution in [1.82, 2.24) is 9.29 Å². The summed E-state index contributed by atoms with van der Waals surface area (Å²) in [6.07, 6.45) is 5.21. The van der Waals surface area contributed by atoms with Crippen molar-refractivity contribution in [2.75, 3.05) is 25.2 Å². The number of nitrogens with zero attached hydrogens (tertiary/aromatic N) is 4. The highest BCUT2D eigenvalue weighted by Crippen LogP contribution is 2.32. The van der Waals surface area contributed by atoms with Crippen molar-refractivity contribution in [3.05, 3.63) is 94.3 Å². The maximum absolute atomic E-state index is 13.8. The van der Waals surface area contributed by atoms with Crippen LogP contribution in [0.1, 0.15) is 35.2 Å². The molecule has 0 unspecified atom stereocenters. The van der Waals surface area contributed by atoms with E-state index in [1.165, 1.54) is 52.4 Å². The largest absolute Gasteiger partial charge is 0.497 e. The van der Waals surface area contributed by atoms with Gasteiger partial charge < -0.3 is 9.15 Å². The third-order valence-corrected chi connectivity index (χ3v) is 9.94. The van der Waals surface area contributed by atoms with Crippen molar-refractivity contribution < 1.29 is 22.4 Å². The first-order chi connectivity index (χ1) is 20.3. The van der Waals surface area contributed by atoms with Crippen molar-refractivity contribution in [3.63, 3.8) is 0 Å². The third-order valence-electron chi connectivity index (χ3n) is 7.03. The number of benzene rings is 3. The fourth-order valence-electron chi connectivity index (χ4n) is 4.75. The van der Waals surface area contributed by atoms with E-state index in [9.17, 15) is 18.0 Å². The molecule has 0 N–H and O–H groups in total. The van der Waals surface area contributed by atoms with Gasteiger partial charge >= 0.3 is 0 Å². The van der Waals surface area contributed by atoms with Crippen LogP contribution in [-0.4, -0.2) is 50.0 Å². The summed E-state index contributed by atoms with van der Waals surface area (Å²) in [5.41, 5.74) is 1.13. The van der Waals surface area contributed by atoms with E-state index in [2.05, 4.69) is 10.1 Å². The second kappa shape index (κ2) is 11.5. The number of ether oxygens (including phenoxy) is 1. The molecule has 2 aromatic heterocycles.